The van der Waals surface area contributed by atoms with E-state index in [1.54, 1.807) is 26.0 Å². The molecular formula is C13H18O4. The van der Waals surface area contributed by atoms with Crippen LogP contribution < -0.4 is 4.74 Å². The number of ether oxygens (including phenoxy) is 1. The first-order chi connectivity index (χ1) is 8.02. The Morgan fingerprint density at radius 1 is 1.35 bits per heavy atom. The summed E-state index contributed by atoms with van der Waals surface area (Å²) in [5, 5.41) is 18.1. The highest BCUT2D eigenvalue weighted by Crippen LogP contribution is 2.16. The van der Waals surface area contributed by atoms with E-state index >= 15 is 0 Å². The Morgan fingerprint density at radius 2 is 1.94 bits per heavy atom. The van der Waals surface area contributed by atoms with Crippen molar-refractivity contribution in [2.75, 3.05) is 0 Å². The lowest BCUT2D eigenvalue weighted by Crippen LogP contribution is -2.25. The number of benzene rings is 1. The van der Waals surface area contributed by atoms with Gasteiger partial charge in [-0.15, -0.1) is 0 Å². The van der Waals surface area contributed by atoms with Crippen LogP contribution in [0.5, 0.6) is 5.75 Å². The highest BCUT2D eigenvalue weighted by atomic mass is 16.5. The molecule has 0 spiro atoms. The second-order valence-corrected chi connectivity index (χ2v) is 4.05. The van der Waals surface area contributed by atoms with Gasteiger partial charge in [0.15, 0.2) is 6.10 Å². The summed E-state index contributed by atoms with van der Waals surface area (Å²) < 4.78 is 5.32. The van der Waals surface area contributed by atoms with E-state index in [4.69, 9.17) is 9.84 Å². The second-order valence-electron chi connectivity index (χ2n) is 4.05. The molecule has 4 heteroatoms. The molecule has 0 fully saturated rings. The lowest BCUT2D eigenvalue weighted by molar-refractivity contribution is -0.145. The Hall–Kier alpha value is -1.55. The number of aliphatic hydroxyl groups excluding tert-OH is 1. The summed E-state index contributed by atoms with van der Waals surface area (Å²) in [6.45, 7) is 3.49. The zero-order chi connectivity index (χ0) is 12.8. The third-order valence-corrected chi connectivity index (χ3v) is 2.38. The van der Waals surface area contributed by atoms with Gasteiger partial charge in [0.05, 0.1) is 6.10 Å². The molecule has 0 saturated heterocycles. The molecule has 0 amide bonds. The van der Waals surface area contributed by atoms with Gasteiger partial charge in [-0.3, -0.25) is 0 Å². The molecule has 0 aliphatic carbocycles. The maximum atomic E-state index is 10.8. The number of rotatable bonds is 6. The fraction of sp³-hybridized carbons (Fsp3) is 0.462. The molecule has 0 heterocycles. The van der Waals surface area contributed by atoms with Gasteiger partial charge in [0.2, 0.25) is 0 Å². The third-order valence-electron chi connectivity index (χ3n) is 2.38. The number of carboxylic acids is 1. The molecule has 0 radical (unpaired) electrons. The molecule has 0 aliphatic heterocycles. The molecule has 4 nitrogen and oxygen atoms in total. The van der Waals surface area contributed by atoms with Crippen LogP contribution in [0.25, 0.3) is 0 Å². The molecule has 1 rings (SSSR count). The van der Waals surface area contributed by atoms with E-state index in [1.807, 2.05) is 12.1 Å². The van der Waals surface area contributed by atoms with Crippen molar-refractivity contribution in [3.05, 3.63) is 29.8 Å². The van der Waals surface area contributed by atoms with E-state index in [0.717, 1.165) is 5.56 Å². The maximum Gasteiger partial charge on any atom is 0.344 e. The smallest absolute Gasteiger partial charge is 0.344 e. The van der Waals surface area contributed by atoms with Gasteiger partial charge in [-0.05, 0) is 37.5 Å². The molecule has 0 aliphatic rings. The first kappa shape index (κ1) is 13.5. The van der Waals surface area contributed by atoms with Crippen LogP contribution in [0, 0.1) is 0 Å². The highest BCUT2D eigenvalue weighted by molar-refractivity contribution is 5.72. The van der Waals surface area contributed by atoms with Gasteiger partial charge in [-0.2, -0.15) is 0 Å². The van der Waals surface area contributed by atoms with Crippen LogP contribution in [0.1, 0.15) is 25.8 Å². The zero-order valence-electron chi connectivity index (χ0n) is 10.1. The Morgan fingerprint density at radius 3 is 2.35 bits per heavy atom. The van der Waals surface area contributed by atoms with E-state index in [-0.39, 0.29) is 6.10 Å². The van der Waals surface area contributed by atoms with Gasteiger partial charge >= 0.3 is 5.97 Å². The van der Waals surface area contributed by atoms with Crippen LogP contribution >= 0.6 is 0 Å². The van der Waals surface area contributed by atoms with Crippen molar-refractivity contribution in [3.63, 3.8) is 0 Å². The summed E-state index contributed by atoms with van der Waals surface area (Å²) in [5.41, 5.74) is 0.996. The number of hydrogen-bond donors (Lipinski definition) is 2. The highest BCUT2D eigenvalue weighted by Gasteiger charge is 2.16. The van der Waals surface area contributed by atoms with Crippen LogP contribution in [0.15, 0.2) is 24.3 Å². The van der Waals surface area contributed by atoms with Gasteiger partial charge in [0.1, 0.15) is 5.75 Å². The quantitative estimate of drug-likeness (QED) is 0.793. The summed E-state index contributed by atoms with van der Waals surface area (Å²) in [7, 11) is 0. The summed E-state index contributed by atoms with van der Waals surface area (Å²) in [4.78, 5) is 10.8. The number of hydrogen-bond acceptors (Lipinski definition) is 3. The monoisotopic (exact) mass is 238 g/mol. The Kier molecular flexibility index (Phi) is 4.97. The molecule has 0 bridgehead atoms. The van der Waals surface area contributed by atoms with E-state index in [9.17, 15) is 9.90 Å². The minimum absolute atomic E-state index is 0.385. The topological polar surface area (TPSA) is 66.8 Å². The fourth-order valence-electron chi connectivity index (χ4n) is 1.52. The predicted octanol–water partition coefficient (Wildman–Crippen LogP) is 1.85. The first-order valence-corrected chi connectivity index (χ1v) is 5.69. The molecule has 1 aromatic carbocycles. The average molecular weight is 238 g/mol. The van der Waals surface area contributed by atoms with Gasteiger partial charge in [0.25, 0.3) is 0 Å². The molecular weight excluding hydrogens is 220 g/mol. The van der Waals surface area contributed by atoms with Crippen molar-refractivity contribution < 1.29 is 19.7 Å². The van der Waals surface area contributed by atoms with Gasteiger partial charge in [-0.25, -0.2) is 4.79 Å². The van der Waals surface area contributed by atoms with E-state index in [1.165, 1.54) is 0 Å². The molecule has 2 unspecified atom stereocenters. The van der Waals surface area contributed by atoms with Gasteiger partial charge in [-0.1, -0.05) is 19.1 Å². The molecule has 2 N–H and O–H groups in total. The summed E-state index contributed by atoms with van der Waals surface area (Å²) in [6.07, 6.45) is -0.192. The number of aliphatic hydroxyl groups is 1. The van der Waals surface area contributed by atoms with Crippen molar-refractivity contribution in [3.8, 4) is 5.75 Å². The molecule has 17 heavy (non-hydrogen) atoms. The SMILES string of the molecule is CCC(Oc1ccc(CC(C)O)cc1)C(=O)O. The standard InChI is InChI=1S/C13H18O4/c1-3-12(13(15)16)17-11-6-4-10(5-7-11)8-9(2)14/h4-7,9,12,14H,3,8H2,1-2H3,(H,15,16). The van der Waals surface area contributed by atoms with Gasteiger partial charge < -0.3 is 14.9 Å². The molecule has 1 aromatic rings. The number of carbonyl (C=O) groups is 1. The minimum Gasteiger partial charge on any atom is -0.479 e. The summed E-state index contributed by atoms with van der Waals surface area (Å²) in [5.74, 6) is -0.422. The number of aliphatic carboxylic acids is 1. The largest absolute Gasteiger partial charge is 0.479 e. The van der Waals surface area contributed by atoms with Crippen molar-refractivity contribution in [2.24, 2.45) is 0 Å². The lowest BCUT2D eigenvalue weighted by atomic mass is 10.1. The molecule has 2 atom stereocenters. The Bertz CT molecular complexity index is 356. The van der Waals surface area contributed by atoms with Crippen molar-refractivity contribution >= 4 is 5.97 Å². The lowest BCUT2D eigenvalue weighted by Gasteiger charge is -2.13. The molecule has 0 aromatic heterocycles. The maximum absolute atomic E-state index is 10.8. The van der Waals surface area contributed by atoms with E-state index in [2.05, 4.69) is 0 Å². The van der Waals surface area contributed by atoms with E-state index < -0.39 is 12.1 Å². The fourth-order valence-corrected chi connectivity index (χ4v) is 1.52. The third kappa shape index (κ3) is 4.44. The predicted molar refractivity (Wildman–Crippen MR) is 64.2 cm³/mol. The van der Waals surface area contributed by atoms with E-state index in [0.29, 0.717) is 18.6 Å². The van der Waals surface area contributed by atoms with Crippen LogP contribution in [0.3, 0.4) is 0 Å². The minimum atomic E-state index is -0.958. The average Bonchev–Trinajstić information content (AvgIpc) is 2.26. The molecule has 0 saturated carbocycles. The van der Waals surface area contributed by atoms with Crippen LogP contribution in [-0.4, -0.2) is 28.4 Å². The second kappa shape index (κ2) is 6.25. The number of carboxylic acid groups (broad SMARTS) is 1. The van der Waals surface area contributed by atoms with Crippen molar-refractivity contribution in [2.45, 2.75) is 38.9 Å². The van der Waals surface area contributed by atoms with Crippen LogP contribution in [0.2, 0.25) is 0 Å². The molecule has 94 valence electrons. The Balaban J connectivity index is 2.64. The summed E-state index contributed by atoms with van der Waals surface area (Å²) in [6, 6.07) is 7.11. The Labute approximate surface area is 101 Å². The van der Waals surface area contributed by atoms with Gasteiger partial charge in [0, 0.05) is 0 Å². The summed E-state index contributed by atoms with van der Waals surface area (Å²) >= 11 is 0. The zero-order valence-corrected chi connectivity index (χ0v) is 10.1. The van der Waals surface area contributed by atoms with Crippen LogP contribution in [-0.2, 0) is 11.2 Å². The first-order valence-electron chi connectivity index (χ1n) is 5.69. The van der Waals surface area contributed by atoms with Crippen molar-refractivity contribution in [1.82, 2.24) is 0 Å². The van der Waals surface area contributed by atoms with Crippen molar-refractivity contribution in [1.29, 1.82) is 0 Å². The van der Waals surface area contributed by atoms with Crippen LogP contribution in [0.4, 0.5) is 0 Å². The normalized spacial score (nSPS) is 14.1.